The zero-order chi connectivity index (χ0) is 24.0. The molecule has 0 saturated carbocycles. The van der Waals surface area contributed by atoms with Crippen LogP contribution in [-0.4, -0.2) is 16.1 Å². The Kier molecular flexibility index (Phi) is 11.2. The van der Waals surface area contributed by atoms with Crippen molar-refractivity contribution in [3.63, 3.8) is 0 Å². The van der Waals surface area contributed by atoms with Gasteiger partial charge in [0.1, 0.15) is 6.17 Å². The molecule has 0 spiro atoms. The van der Waals surface area contributed by atoms with Crippen LogP contribution in [0.2, 0.25) is 0 Å². The second-order valence-electron chi connectivity index (χ2n) is 9.49. The summed E-state index contributed by atoms with van der Waals surface area (Å²) in [6.07, 6.45) is 16.3. The van der Waals surface area contributed by atoms with Gasteiger partial charge in [-0.25, -0.2) is 14.4 Å². The van der Waals surface area contributed by atoms with Crippen LogP contribution >= 0.6 is 0 Å². The Balaban J connectivity index is 1.49. The van der Waals surface area contributed by atoms with E-state index in [1.54, 1.807) is 0 Å². The highest BCUT2D eigenvalue weighted by Crippen LogP contribution is 2.24. The lowest BCUT2D eigenvalue weighted by Gasteiger charge is -2.09. The fourth-order valence-corrected chi connectivity index (χ4v) is 4.31. The van der Waals surface area contributed by atoms with E-state index in [1.165, 1.54) is 60.8 Å². The van der Waals surface area contributed by atoms with Crippen LogP contribution in [0.15, 0.2) is 60.9 Å². The van der Waals surface area contributed by atoms with Gasteiger partial charge < -0.3 is 0 Å². The summed E-state index contributed by atoms with van der Waals surface area (Å²) in [6, 6.07) is 17.0. The number of alkyl halides is 1. The van der Waals surface area contributed by atoms with Crippen molar-refractivity contribution in [2.45, 2.75) is 97.1 Å². The minimum Gasteiger partial charge on any atom is -0.247 e. The van der Waals surface area contributed by atoms with Gasteiger partial charge in [-0.15, -0.1) is 0 Å². The van der Waals surface area contributed by atoms with E-state index < -0.39 is 6.17 Å². The standard InChI is InChI=1S/C31H41FN2/c1-3-5-7-8-9-10-11-26-23-33-31(34-24-26)29-20-18-28(19-21-29)27-16-13-25(14-17-27)15-22-30(32)12-6-4-2/h13-14,16-21,23-24,30H,3-12,15,22H2,1-2H3. The molecule has 3 heteroatoms. The number of halogens is 1. The average Bonchev–Trinajstić information content (AvgIpc) is 2.89. The summed E-state index contributed by atoms with van der Waals surface area (Å²) < 4.78 is 13.9. The lowest BCUT2D eigenvalue weighted by Crippen LogP contribution is -2.01. The maximum absolute atomic E-state index is 13.9. The van der Waals surface area contributed by atoms with Crippen LogP contribution in [0.1, 0.15) is 89.2 Å². The molecule has 0 aliphatic heterocycles. The van der Waals surface area contributed by atoms with E-state index in [2.05, 4.69) is 72.3 Å². The molecule has 2 aromatic carbocycles. The summed E-state index contributed by atoms with van der Waals surface area (Å²) in [7, 11) is 0. The molecule has 0 aliphatic carbocycles. The van der Waals surface area contributed by atoms with Crippen LogP contribution in [-0.2, 0) is 12.8 Å². The molecule has 1 aromatic heterocycles. The van der Waals surface area contributed by atoms with Crippen molar-refractivity contribution in [2.75, 3.05) is 0 Å². The quantitative estimate of drug-likeness (QED) is 0.211. The van der Waals surface area contributed by atoms with Gasteiger partial charge >= 0.3 is 0 Å². The van der Waals surface area contributed by atoms with Gasteiger partial charge in [0.05, 0.1) is 0 Å². The molecule has 0 radical (unpaired) electrons. The first kappa shape index (κ1) is 26.1. The van der Waals surface area contributed by atoms with Crippen molar-refractivity contribution in [1.82, 2.24) is 9.97 Å². The van der Waals surface area contributed by atoms with Crippen molar-refractivity contribution in [3.8, 4) is 22.5 Å². The minimum absolute atomic E-state index is 0.617. The van der Waals surface area contributed by atoms with Crippen LogP contribution in [0.3, 0.4) is 0 Å². The maximum Gasteiger partial charge on any atom is 0.159 e. The van der Waals surface area contributed by atoms with E-state index in [9.17, 15) is 4.39 Å². The van der Waals surface area contributed by atoms with Gasteiger partial charge in [-0.3, -0.25) is 0 Å². The summed E-state index contributed by atoms with van der Waals surface area (Å²) in [5, 5.41) is 0. The zero-order valence-corrected chi connectivity index (χ0v) is 21.1. The molecule has 0 bridgehead atoms. The molecule has 0 aliphatic rings. The number of nitrogens with zero attached hydrogens (tertiary/aromatic N) is 2. The number of hydrogen-bond acceptors (Lipinski definition) is 2. The summed E-state index contributed by atoms with van der Waals surface area (Å²) in [5.74, 6) is 0.775. The Morgan fingerprint density at radius 3 is 1.79 bits per heavy atom. The molecule has 0 fully saturated rings. The molecular formula is C31H41FN2. The molecule has 1 heterocycles. The third-order valence-electron chi connectivity index (χ3n) is 6.57. The molecular weight excluding hydrogens is 419 g/mol. The summed E-state index contributed by atoms with van der Waals surface area (Å²) in [6.45, 7) is 4.36. The molecule has 0 amide bonds. The average molecular weight is 461 g/mol. The summed E-state index contributed by atoms with van der Waals surface area (Å²) in [4.78, 5) is 9.21. The van der Waals surface area contributed by atoms with Crippen LogP contribution < -0.4 is 0 Å². The normalized spacial score (nSPS) is 12.1. The van der Waals surface area contributed by atoms with E-state index in [0.29, 0.717) is 12.8 Å². The minimum atomic E-state index is -0.681. The Morgan fingerprint density at radius 2 is 1.15 bits per heavy atom. The van der Waals surface area contributed by atoms with E-state index in [0.717, 1.165) is 37.1 Å². The Bertz CT molecular complexity index is 933. The number of benzene rings is 2. The highest BCUT2D eigenvalue weighted by molar-refractivity contribution is 5.67. The molecule has 1 atom stereocenters. The molecule has 182 valence electrons. The summed E-state index contributed by atoms with van der Waals surface area (Å²) >= 11 is 0. The van der Waals surface area contributed by atoms with Gasteiger partial charge in [0.15, 0.2) is 5.82 Å². The van der Waals surface area contributed by atoms with Gasteiger partial charge in [-0.1, -0.05) is 107 Å². The first-order chi connectivity index (χ1) is 16.7. The zero-order valence-electron chi connectivity index (χ0n) is 21.1. The summed E-state index contributed by atoms with van der Waals surface area (Å²) in [5.41, 5.74) is 5.80. The number of hydrogen-bond donors (Lipinski definition) is 0. The molecule has 3 rings (SSSR count). The molecule has 0 N–H and O–H groups in total. The molecule has 0 saturated heterocycles. The lowest BCUT2D eigenvalue weighted by atomic mass is 9.99. The highest BCUT2D eigenvalue weighted by Gasteiger charge is 2.07. The van der Waals surface area contributed by atoms with E-state index >= 15 is 0 Å². The first-order valence-corrected chi connectivity index (χ1v) is 13.3. The van der Waals surface area contributed by atoms with E-state index in [-0.39, 0.29) is 0 Å². The Morgan fingerprint density at radius 1 is 0.588 bits per heavy atom. The van der Waals surface area contributed by atoms with Crippen molar-refractivity contribution in [1.29, 1.82) is 0 Å². The van der Waals surface area contributed by atoms with E-state index in [1.807, 2.05) is 12.4 Å². The van der Waals surface area contributed by atoms with Crippen LogP contribution in [0, 0.1) is 0 Å². The molecule has 1 unspecified atom stereocenters. The second-order valence-corrected chi connectivity index (χ2v) is 9.49. The Hall–Kier alpha value is -2.55. The van der Waals surface area contributed by atoms with Crippen molar-refractivity contribution in [3.05, 3.63) is 72.1 Å². The highest BCUT2D eigenvalue weighted by atomic mass is 19.1. The third kappa shape index (κ3) is 8.66. The maximum atomic E-state index is 13.9. The number of unbranched alkanes of at least 4 members (excludes halogenated alkanes) is 6. The molecule has 34 heavy (non-hydrogen) atoms. The van der Waals surface area contributed by atoms with Gasteiger partial charge in [-0.2, -0.15) is 0 Å². The molecule has 3 aromatic rings. The fraction of sp³-hybridized carbons (Fsp3) is 0.484. The van der Waals surface area contributed by atoms with Gasteiger partial charge in [0.2, 0.25) is 0 Å². The predicted octanol–water partition coefficient (Wildman–Crippen LogP) is 9.17. The second kappa shape index (κ2) is 14.7. The monoisotopic (exact) mass is 460 g/mol. The third-order valence-corrected chi connectivity index (χ3v) is 6.57. The van der Waals surface area contributed by atoms with Crippen molar-refractivity contribution < 1.29 is 4.39 Å². The number of rotatable bonds is 15. The number of aromatic nitrogens is 2. The molecule has 2 nitrogen and oxygen atoms in total. The van der Waals surface area contributed by atoms with Crippen LogP contribution in [0.5, 0.6) is 0 Å². The topological polar surface area (TPSA) is 25.8 Å². The van der Waals surface area contributed by atoms with Crippen LogP contribution in [0.25, 0.3) is 22.5 Å². The largest absolute Gasteiger partial charge is 0.247 e. The van der Waals surface area contributed by atoms with Gasteiger partial charge in [0, 0.05) is 18.0 Å². The first-order valence-electron chi connectivity index (χ1n) is 13.3. The number of aryl methyl sites for hydroxylation is 2. The lowest BCUT2D eigenvalue weighted by molar-refractivity contribution is 0.290. The smallest absolute Gasteiger partial charge is 0.159 e. The van der Waals surface area contributed by atoms with Crippen molar-refractivity contribution in [2.24, 2.45) is 0 Å². The van der Waals surface area contributed by atoms with Gasteiger partial charge in [-0.05, 0) is 54.4 Å². The van der Waals surface area contributed by atoms with E-state index in [4.69, 9.17) is 0 Å². The predicted molar refractivity (Wildman–Crippen MR) is 143 cm³/mol. The Labute approximate surface area is 206 Å². The van der Waals surface area contributed by atoms with Crippen molar-refractivity contribution >= 4 is 0 Å². The van der Waals surface area contributed by atoms with Crippen LogP contribution in [0.4, 0.5) is 4.39 Å². The fourth-order valence-electron chi connectivity index (χ4n) is 4.31. The van der Waals surface area contributed by atoms with Gasteiger partial charge in [0.25, 0.3) is 0 Å². The SMILES string of the molecule is CCCCCCCCc1cnc(-c2ccc(-c3ccc(CCC(F)CCCC)cc3)cc2)nc1.